The highest BCUT2D eigenvalue weighted by molar-refractivity contribution is 5.93. The number of aryl methyl sites for hydroxylation is 3. The van der Waals surface area contributed by atoms with Crippen LogP contribution in [0, 0.1) is 20.8 Å². The molecule has 0 bridgehead atoms. The van der Waals surface area contributed by atoms with E-state index in [1.165, 1.54) is 7.11 Å². The lowest BCUT2D eigenvalue weighted by Crippen LogP contribution is -2.02. The number of pyridine rings is 1. The van der Waals surface area contributed by atoms with E-state index in [0.717, 1.165) is 44.5 Å². The summed E-state index contributed by atoms with van der Waals surface area (Å²) in [6.07, 6.45) is 3.57. The number of methoxy groups -OCH3 is 1. The van der Waals surface area contributed by atoms with E-state index in [1.807, 2.05) is 57.3 Å². The van der Waals surface area contributed by atoms with E-state index in [0.29, 0.717) is 11.5 Å². The van der Waals surface area contributed by atoms with Crippen LogP contribution in [0.1, 0.15) is 27.2 Å². The third-order valence-corrected chi connectivity index (χ3v) is 5.01. The smallest absolute Gasteiger partial charge is 0.337 e. The van der Waals surface area contributed by atoms with Gasteiger partial charge in [0.25, 0.3) is 0 Å². The third-order valence-electron chi connectivity index (χ3n) is 5.01. The van der Waals surface area contributed by atoms with Gasteiger partial charge in [-0.1, -0.05) is 6.07 Å². The monoisotopic (exact) mass is 398 g/mol. The Kier molecular flexibility index (Phi) is 5.14. The Morgan fingerprint density at radius 2 is 1.77 bits per heavy atom. The average Bonchev–Trinajstić information content (AvgIpc) is 2.75. The Bertz CT molecular complexity index is 1250. The van der Waals surface area contributed by atoms with Crippen LogP contribution in [0.3, 0.4) is 0 Å². The van der Waals surface area contributed by atoms with Crippen LogP contribution in [0.4, 0.5) is 11.6 Å². The zero-order chi connectivity index (χ0) is 21.3. The molecule has 150 valence electrons. The standard InChI is InChI=1S/C24H22N4O2/c1-14-5-7-17(23(29)30-4)11-21(14)18-9-15(2)22-19(10-18)12-26-24(28-22)27-20-8-6-16(3)25-13-20/h5-13H,1-4H3,(H,26,27,28). The average molecular weight is 398 g/mol. The van der Waals surface area contributed by atoms with E-state index >= 15 is 0 Å². The van der Waals surface area contributed by atoms with Gasteiger partial charge < -0.3 is 10.1 Å². The van der Waals surface area contributed by atoms with Crippen LogP contribution in [0.25, 0.3) is 22.0 Å². The molecule has 4 aromatic rings. The molecule has 0 unspecified atom stereocenters. The Balaban J connectivity index is 1.73. The molecule has 0 aliphatic heterocycles. The molecular formula is C24H22N4O2. The molecule has 1 N–H and O–H groups in total. The topological polar surface area (TPSA) is 77.0 Å². The number of anilines is 2. The minimum Gasteiger partial charge on any atom is -0.465 e. The molecule has 6 heteroatoms. The van der Waals surface area contributed by atoms with Crippen molar-refractivity contribution in [3.05, 3.63) is 77.2 Å². The molecule has 0 aliphatic carbocycles. The first-order chi connectivity index (χ1) is 14.4. The van der Waals surface area contributed by atoms with Gasteiger partial charge >= 0.3 is 5.97 Å². The number of esters is 1. The lowest BCUT2D eigenvalue weighted by molar-refractivity contribution is 0.0601. The summed E-state index contributed by atoms with van der Waals surface area (Å²) in [4.78, 5) is 25.4. The molecule has 6 nitrogen and oxygen atoms in total. The zero-order valence-corrected chi connectivity index (χ0v) is 17.4. The summed E-state index contributed by atoms with van der Waals surface area (Å²) in [5.41, 5.74) is 7.28. The highest BCUT2D eigenvalue weighted by atomic mass is 16.5. The lowest BCUT2D eigenvalue weighted by atomic mass is 9.95. The summed E-state index contributed by atoms with van der Waals surface area (Å²) < 4.78 is 4.86. The SMILES string of the molecule is COC(=O)c1ccc(C)c(-c2cc(C)c3nc(Nc4ccc(C)nc4)ncc3c2)c1. The molecule has 0 fully saturated rings. The van der Waals surface area contributed by atoms with E-state index in [2.05, 4.69) is 26.3 Å². The summed E-state index contributed by atoms with van der Waals surface area (Å²) in [6, 6.07) is 13.6. The van der Waals surface area contributed by atoms with E-state index in [4.69, 9.17) is 4.74 Å². The van der Waals surface area contributed by atoms with Crippen LogP contribution in [0.15, 0.2) is 54.9 Å². The summed E-state index contributed by atoms with van der Waals surface area (Å²) >= 11 is 0. The summed E-state index contributed by atoms with van der Waals surface area (Å²) in [7, 11) is 1.39. The van der Waals surface area contributed by atoms with Gasteiger partial charge in [0, 0.05) is 17.3 Å². The molecule has 0 radical (unpaired) electrons. The number of nitrogens with zero attached hydrogens (tertiary/aromatic N) is 3. The second-order valence-electron chi connectivity index (χ2n) is 7.26. The van der Waals surface area contributed by atoms with Gasteiger partial charge in [0.05, 0.1) is 30.1 Å². The lowest BCUT2D eigenvalue weighted by Gasteiger charge is -2.12. The van der Waals surface area contributed by atoms with Gasteiger partial charge in [-0.15, -0.1) is 0 Å². The van der Waals surface area contributed by atoms with Crippen LogP contribution >= 0.6 is 0 Å². The Hall–Kier alpha value is -3.80. The maximum atomic E-state index is 11.9. The van der Waals surface area contributed by atoms with Crippen LogP contribution in [-0.2, 0) is 4.74 Å². The van der Waals surface area contributed by atoms with Crippen molar-refractivity contribution < 1.29 is 9.53 Å². The molecule has 0 saturated heterocycles. The molecule has 0 amide bonds. The van der Waals surface area contributed by atoms with Gasteiger partial charge in [-0.2, -0.15) is 0 Å². The van der Waals surface area contributed by atoms with E-state index < -0.39 is 0 Å². The van der Waals surface area contributed by atoms with Crippen molar-refractivity contribution in [1.29, 1.82) is 0 Å². The number of rotatable bonds is 4. The maximum absolute atomic E-state index is 11.9. The second kappa shape index (κ2) is 7.91. The fourth-order valence-corrected chi connectivity index (χ4v) is 3.39. The Labute approximate surface area is 175 Å². The Morgan fingerprint density at radius 3 is 2.50 bits per heavy atom. The van der Waals surface area contributed by atoms with Crippen molar-refractivity contribution in [2.24, 2.45) is 0 Å². The number of hydrogen-bond donors (Lipinski definition) is 1. The van der Waals surface area contributed by atoms with Crippen molar-refractivity contribution >= 4 is 28.5 Å². The van der Waals surface area contributed by atoms with E-state index in [9.17, 15) is 4.79 Å². The van der Waals surface area contributed by atoms with Crippen molar-refractivity contribution in [3.63, 3.8) is 0 Å². The molecule has 2 heterocycles. The maximum Gasteiger partial charge on any atom is 0.337 e. The van der Waals surface area contributed by atoms with Crippen LogP contribution in [0.2, 0.25) is 0 Å². The predicted molar refractivity (Wildman–Crippen MR) is 118 cm³/mol. The van der Waals surface area contributed by atoms with Gasteiger partial charge in [0.15, 0.2) is 0 Å². The van der Waals surface area contributed by atoms with Gasteiger partial charge in [0.1, 0.15) is 0 Å². The summed E-state index contributed by atoms with van der Waals surface area (Å²) in [6.45, 7) is 5.99. The quantitative estimate of drug-likeness (QED) is 0.479. The molecule has 30 heavy (non-hydrogen) atoms. The first kappa shape index (κ1) is 19.5. The molecular weight excluding hydrogens is 376 g/mol. The first-order valence-electron chi connectivity index (χ1n) is 9.61. The van der Waals surface area contributed by atoms with Gasteiger partial charge in [0.2, 0.25) is 5.95 Å². The molecule has 0 atom stereocenters. The molecule has 4 rings (SSSR count). The number of carbonyl (C=O) groups is 1. The fraction of sp³-hybridized carbons (Fsp3) is 0.167. The van der Waals surface area contributed by atoms with Gasteiger partial charge in [-0.3, -0.25) is 4.98 Å². The van der Waals surface area contributed by atoms with Crippen molar-refractivity contribution in [2.75, 3.05) is 12.4 Å². The number of ether oxygens (including phenoxy) is 1. The summed E-state index contributed by atoms with van der Waals surface area (Å²) in [5, 5.41) is 4.13. The van der Waals surface area contributed by atoms with Crippen molar-refractivity contribution in [3.8, 4) is 11.1 Å². The molecule has 0 saturated carbocycles. The van der Waals surface area contributed by atoms with Gasteiger partial charge in [-0.05, 0) is 79.4 Å². The minimum absolute atomic E-state index is 0.349. The third kappa shape index (κ3) is 3.85. The molecule has 2 aromatic carbocycles. The highest BCUT2D eigenvalue weighted by Crippen LogP contribution is 2.30. The van der Waals surface area contributed by atoms with Crippen LogP contribution in [-0.4, -0.2) is 28.0 Å². The fourth-order valence-electron chi connectivity index (χ4n) is 3.39. The number of nitrogens with one attached hydrogen (secondary N) is 1. The van der Waals surface area contributed by atoms with Crippen molar-refractivity contribution in [1.82, 2.24) is 15.0 Å². The van der Waals surface area contributed by atoms with Crippen LogP contribution in [0.5, 0.6) is 0 Å². The Morgan fingerprint density at radius 1 is 0.933 bits per heavy atom. The van der Waals surface area contributed by atoms with E-state index in [-0.39, 0.29) is 5.97 Å². The molecule has 0 aliphatic rings. The van der Waals surface area contributed by atoms with Crippen molar-refractivity contribution in [2.45, 2.75) is 20.8 Å². The largest absolute Gasteiger partial charge is 0.465 e. The number of aromatic nitrogens is 3. The zero-order valence-electron chi connectivity index (χ0n) is 17.4. The first-order valence-corrected chi connectivity index (χ1v) is 9.61. The van der Waals surface area contributed by atoms with Crippen LogP contribution < -0.4 is 5.32 Å². The highest BCUT2D eigenvalue weighted by Gasteiger charge is 2.12. The molecule has 2 aromatic heterocycles. The predicted octanol–water partition coefficient (Wildman–Crippen LogP) is 5.15. The minimum atomic E-state index is -0.349. The summed E-state index contributed by atoms with van der Waals surface area (Å²) in [5.74, 6) is 0.172. The normalized spacial score (nSPS) is 10.8. The number of hydrogen-bond acceptors (Lipinski definition) is 6. The molecule has 0 spiro atoms. The number of carbonyl (C=O) groups excluding carboxylic acids is 1. The number of fused-ring (bicyclic) bond motifs is 1. The second-order valence-corrected chi connectivity index (χ2v) is 7.26. The van der Waals surface area contributed by atoms with E-state index in [1.54, 1.807) is 12.3 Å². The number of benzene rings is 2. The van der Waals surface area contributed by atoms with Gasteiger partial charge in [-0.25, -0.2) is 14.8 Å².